The van der Waals surface area contributed by atoms with Crippen molar-refractivity contribution in [1.82, 2.24) is 4.90 Å². The van der Waals surface area contributed by atoms with Crippen molar-refractivity contribution in [3.05, 3.63) is 59.2 Å². The maximum atomic E-state index is 13.3. The van der Waals surface area contributed by atoms with Crippen LogP contribution in [-0.2, 0) is 13.0 Å². The molecular formula is C25H28N2O3. The SMILES string of the molecule is COc1cc2c(cc1OC)C(=O)C(C#N)(CC1CCN(Cc3ccccc3)CC1)C2. The van der Waals surface area contributed by atoms with Gasteiger partial charge in [-0.3, -0.25) is 9.69 Å². The highest BCUT2D eigenvalue weighted by Crippen LogP contribution is 2.46. The number of nitriles is 1. The summed E-state index contributed by atoms with van der Waals surface area (Å²) in [6, 6.07) is 16.5. The number of carbonyl (C=O) groups is 1. The number of carbonyl (C=O) groups excluding carboxylic acids is 1. The van der Waals surface area contributed by atoms with E-state index >= 15 is 0 Å². The largest absolute Gasteiger partial charge is 0.493 e. The smallest absolute Gasteiger partial charge is 0.183 e. The molecule has 0 radical (unpaired) electrons. The molecule has 5 nitrogen and oxygen atoms in total. The molecule has 1 saturated heterocycles. The Morgan fingerprint density at radius 2 is 1.77 bits per heavy atom. The fraction of sp³-hybridized carbons (Fsp3) is 0.440. The van der Waals surface area contributed by atoms with E-state index in [1.807, 2.05) is 12.1 Å². The van der Waals surface area contributed by atoms with Gasteiger partial charge in [-0.25, -0.2) is 0 Å². The summed E-state index contributed by atoms with van der Waals surface area (Å²) < 4.78 is 10.7. The number of ketones is 1. The summed E-state index contributed by atoms with van der Waals surface area (Å²) in [5.74, 6) is 1.46. The molecule has 0 amide bonds. The quantitative estimate of drug-likeness (QED) is 0.720. The second-order valence-electron chi connectivity index (χ2n) is 8.47. The summed E-state index contributed by atoms with van der Waals surface area (Å²) in [5, 5.41) is 10.0. The van der Waals surface area contributed by atoms with Gasteiger partial charge in [0.2, 0.25) is 0 Å². The van der Waals surface area contributed by atoms with E-state index in [1.165, 1.54) is 5.56 Å². The number of likely N-dealkylation sites (tertiary alicyclic amines) is 1. The lowest BCUT2D eigenvalue weighted by molar-refractivity contribution is 0.0817. The normalized spacial score (nSPS) is 21.8. The number of benzene rings is 2. The first-order chi connectivity index (χ1) is 14.6. The van der Waals surface area contributed by atoms with Crippen LogP contribution in [0.1, 0.15) is 40.7 Å². The first-order valence-corrected chi connectivity index (χ1v) is 10.6. The summed E-state index contributed by atoms with van der Waals surface area (Å²) in [6.07, 6.45) is 3.13. The highest BCUT2D eigenvalue weighted by Gasteiger charge is 2.48. The Labute approximate surface area is 178 Å². The van der Waals surface area contributed by atoms with Gasteiger partial charge in [0.05, 0.1) is 20.3 Å². The van der Waals surface area contributed by atoms with Gasteiger partial charge >= 0.3 is 0 Å². The molecule has 0 bridgehead atoms. The summed E-state index contributed by atoms with van der Waals surface area (Å²) in [7, 11) is 3.15. The van der Waals surface area contributed by atoms with Gasteiger partial charge in [0.15, 0.2) is 17.3 Å². The lowest BCUT2D eigenvalue weighted by atomic mass is 9.74. The summed E-state index contributed by atoms with van der Waals surface area (Å²) in [5.41, 5.74) is 1.86. The molecule has 30 heavy (non-hydrogen) atoms. The molecule has 1 heterocycles. The summed E-state index contributed by atoms with van der Waals surface area (Å²) in [6.45, 7) is 2.97. The minimum Gasteiger partial charge on any atom is -0.493 e. The van der Waals surface area contributed by atoms with Crippen molar-refractivity contribution in [3.63, 3.8) is 0 Å². The molecule has 1 atom stereocenters. The predicted octanol–water partition coefficient (Wildman–Crippen LogP) is 4.25. The Kier molecular flexibility index (Phi) is 5.78. The minimum absolute atomic E-state index is 0.0623. The molecule has 1 aliphatic heterocycles. The van der Waals surface area contributed by atoms with Crippen LogP contribution in [0.4, 0.5) is 0 Å². The molecule has 1 aliphatic carbocycles. The molecule has 2 aliphatic rings. The van der Waals surface area contributed by atoms with Crippen LogP contribution in [-0.4, -0.2) is 38.0 Å². The third-order valence-electron chi connectivity index (χ3n) is 6.59. The Balaban J connectivity index is 1.44. The molecule has 2 aromatic rings. The van der Waals surface area contributed by atoms with Crippen LogP contribution in [0.25, 0.3) is 0 Å². The second kappa shape index (κ2) is 8.49. The highest BCUT2D eigenvalue weighted by atomic mass is 16.5. The van der Waals surface area contributed by atoms with E-state index in [4.69, 9.17) is 9.47 Å². The maximum Gasteiger partial charge on any atom is 0.183 e. The standard InChI is InChI=1S/C25H28N2O3/c1-29-22-12-20-15-25(17-26,24(28)21(20)13-23(22)30-2)14-18-8-10-27(11-9-18)16-19-6-4-3-5-7-19/h3-7,12-13,18H,8-11,14-16H2,1-2H3. The maximum absolute atomic E-state index is 13.3. The first-order valence-electron chi connectivity index (χ1n) is 10.6. The number of ether oxygens (including phenoxy) is 2. The van der Waals surface area contributed by atoms with Crippen molar-refractivity contribution >= 4 is 5.78 Å². The van der Waals surface area contributed by atoms with Crippen LogP contribution in [0.3, 0.4) is 0 Å². The molecule has 0 saturated carbocycles. The zero-order chi connectivity index (χ0) is 21.1. The van der Waals surface area contributed by atoms with Gasteiger partial charge in [-0.15, -0.1) is 0 Å². The van der Waals surface area contributed by atoms with E-state index in [2.05, 4.69) is 35.2 Å². The number of hydrogen-bond acceptors (Lipinski definition) is 5. The topological polar surface area (TPSA) is 62.6 Å². The van der Waals surface area contributed by atoms with Crippen LogP contribution in [0.5, 0.6) is 11.5 Å². The van der Waals surface area contributed by atoms with Crippen molar-refractivity contribution in [2.75, 3.05) is 27.3 Å². The lowest BCUT2D eigenvalue weighted by Gasteiger charge is -2.34. The van der Waals surface area contributed by atoms with E-state index in [0.717, 1.165) is 38.0 Å². The van der Waals surface area contributed by atoms with Crippen molar-refractivity contribution < 1.29 is 14.3 Å². The van der Waals surface area contributed by atoms with Gasteiger partial charge in [0.25, 0.3) is 0 Å². The average Bonchev–Trinajstić information content (AvgIpc) is 3.06. The van der Waals surface area contributed by atoms with Gasteiger partial charge in [-0.2, -0.15) is 5.26 Å². The molecule has 0 aromatic heterocycles. The number of piperidine rings is 1. The van der Waals surface area contributed by atoms with Crippen LogP contribution in [0.15, 0.2) is 42.5 Å². The average molecular weight is 405 g/mol. The number of methoxy groups -OCH3 is 2. The Morgan fingerprint density at radius 1 is 1.10 bits per heavy atom. The highest BCUT2D eigenvalue weighted by molar-refractivity contribution is 6.07. The fourth-order valence-corrected chi connectivity index (χ4v) is 4.93. The van der Waals surface area contributed by atoms with Gasteiger partial charge in [-0.1, -0.05) is 30.3 Å². The van der Waals surface area contributed by atoms with Gasteiger partial charge < -0.3 is 9.47 Å². The van der Waals surface area contributed by atoms with Crippen LogP contribution in [0.2, 0.25) is 0 Å². The zero-order valence-corrected chi connectivity index (χ0v) is 17.7. The molecule has 2 aromatic carbocycles. The van der Waals surface area contributed by atoms with Gasteiger partial charge in [0.1, 0.15) is 5.41 Å². The van der Waals surface area contributed by atoms with Crippen molar-refractivity contribution in [1.29, 1.82) is 5.26 Å². The second-order valence-corrected chi connectivity index (χ2v) is 8.47. The van der Waals surface area contributed by atoms with Crippen molar-refractivity contribution in [3.8, 4) is 17.6 Å². The Bertz CT molecular complexity index is 958. The third-order valence-corrected chi connectivity index (χ3v) is 6.59. The van der Waals surface area contributed by atoms with Crippen LogP contribution >= 0.6 is 0 Å². The lowest BCUT2D eigenvalue weighted by Crippen LogP contribution is -2.37. The predicted molar refractivity (Wildman–Crippen MR) is 115 cm³/mol. The Morgan fingerprint density at radius 3 is 2.40 bits per heavy atom. The molecule has 156 valence electrons. The number of nitrogens with zero attached hydrogens (tertiary/aromatic N) is 2. The molecule has 0 N–H and O–H groups in total. The van der Waals surface area contributed by atoms with Crippen LogP contribution < -0.4 is 9.47 Å². The fourth-order valence-electron chi connectivity index (χ4n) is 4.93. The van der Waals surface area contributed by atoms with Crippen LogP contribution in [0, 0.1) is 22.7 Å². The van der Waals surface area contributed by atoms with Gasteiger partial charge in [-0.05, 0) is 68.0 Å². The van der Waals surface area contributed by atoms with E-state index < -0.39 is 5.41 Å². The van der Waals surface area contributed by atoms with E-state index in [0.29, 0.717) is 35.8 Å². The number of fused-ring (bicyclic) bond motifs is 1. The number of Topliss-reactive ketones (excluding diaryl/α,β-unsaturated/α-hetero) is 1. The monoisotopic (exact) mass is 404 g/mol. The molecule has 4 rings (SSSR count). The van der Waals surface area contributed by atoms with Gasteiger partial charge in [0, 0.05) is 12.1 Å². The molecule has 1 fully saturated rings. The minimum atomic E-state index is -0.966. The number of hydrogen-bond donors (Lipinski definition) is 0. The van der Waals surface area contributed by atoms with E-state index in [1.54, 1.807) is 20.3 Å². The molecule has 5 heteroatoms. The summed E-state index contributed by atoms with van der Waals surface area (Å²) in [4.78, 5) is 15.7. The van der Waals surface area contributed by atoms with E-state index in [9.17, 15) is 10.1 Å². The van der Waals surface area contributed by atoms with Crippen molar-refractivity contribution in [2.45, 2.75) is 32.2 Å². The first kappa shape index (κ1) is 20.4. The molecular weight excluding hydrogens is 376 g/mol. The molecule has 1 unspecified atom stereocenters. The third kappa shape index (κ3) is 3.80. The Hall–Kier alpha value is -2.84. The number of rotatable bonds is 6. The molecule has 0 spiro atoms. The zero-order valence-electron chi connectivity index (χ0n) is 17.7. The van der Waals surface area contributed by atoms with Crippen molar-refractivity contribution in [2.24, 2.45) is 11.3 Å². The van der Waals surface area contributed by atoms with E-state index in [-0.39, 0.29) is 5.78 Å². The summed E-state index contributed by atoms with van der Waals surface area (Å²) >= 11 is 0.